The molecule has 2 N–H and O–H groups in total. The summed E-state index contributed by atoms with van der Waals surface area (Å²) in [5.74, 6) is -0.771. The van der Waals surface area contributed by atoms with Gasteiger partial charge in [-0.25, -0.2) is 4.79 Å². The van der Waals surface area contributed by atoms with E-state index < -0.39 is 12.0 Å². The van der Waals surface area contributed by atoms with Gasteiger partial charge < -0.3 is 15.4 Å². The largest absolute Gasteiger partial charge is 0.467 e. The Morgan fingerprint density at radius 2 is 1.52 bits per heavy atom. The zero-order valence-electron chi connectivity index (χ0n) is 15.4. The highest BCUT2D eigenvalue weighted by Crippen LogP contribution is 2.11. The molecular weight excluding hydrogens is 320 g/mol. The minimum Gasteiger partial charge on any atom is -0.467 e. The molecule has 2 amide bonds. The van der Waals surface area contributed by atoms with Gasteiger partial charge in [0.2, 0.25) is 11.8 Å². The van der Waals surface area contributed by atoms with E-state index in [-0.39, 0.29) is 36.6 Å². The predicted molar refractivity (Wildman–Crippen MR) is 95.6 cm³/mol. The summed E-state index contributed by atoms with van der Waals surface area (Å²) in [6.45, 7) is 5.81. The van der Waals surface area contributed by atoms with E-state index in [0.717, 1.165) is 5.56 Å². The minimum atomic E-state index is -0.677. The van der Waals surface area contributed by atoms with Crippen LogP contribution in [0.1, 0.15) is 51.6 Å². The molecular formula is C19H28N2O4. The molecule has 0 saturated carbocycles. The summed E-state index contributed by atoms with van der Waals surface area (Å²) in [6.07, 6.45) is 0.590. The van der Waals surface area contributed by atoms with Gasteiger partial charge in [0.15, 0.2) is 0 Å². The molecule has 0 spiro atoms. The molecule has 0 aromatic heterocycles. The van der Waals surface area contributed by atoms with Gasteiger partial charge in [0, 0.05) is 12.8 Å². The highest BCUT2D eigenvalue weighted by Gasteiger charge is 2.22. The highest BCUT2D eigenvalue weighted by atomic mass is 16.5. The van der Waals surface area contributed by atoms with Gasteiger partial charge in [0.25, 0.3) is 0 Å². The second-order valence-electron chi connectivity index (χ2n) is 6.47. The molecule has 6 heteroatoms. The first kappa shape index (κ1) is 20.7. The van der Waals surface area contributed by atoms with E-state index in [1.165, 1.54) is 7.11 Å². The normalized spacial score (nSPS) is 13.0. The molecule has 0 saturated heterocycles. The first-order valence-electron chi connectivity index (χ1n) is 8.55. The van der Waals surface area contributed by atoms with Gasteiger partial charge in [-0.3, -0.25) is 9.59 Å². The first-order valence-corrected chi connectivity index (χ1v) is 8.55. The maximum Gasteiger partial charge on any atom is 0.328 e. The summed E-state index contributed by atoms with van der Waals surface area (Å²) >= 11 is 0. The van der Waals surface area contributed by atoms with Gasteiger partial charge in [0.1, 0.15) is 6.04 Å². The van der Waals surface area contributed by atoms with Crippen molar-refractivity contribution in [1.29, 1.82) is 0 Å². The molecule has 0 aliphatic rings. The van der Waals surface area contributed by atoms with Gasteiger partial charge in [-0.2, -0.15) is 0 Å². The molecule has 25 heavy (non-hydrogen) atoms. The van der Waals surface area contributed by atoms with Crippen molar-refractivity contribution in [2.24, 2.45) is 5.92 Å². The average molecular weight is 348 g/mol. The standard InChI is InChI=1S/C19H28N2O4/c1-13(2)12-16(19(24)25-4)21-18(23)11-10-17(22)20-14(3)15-8-6-5-7-9-15/h5-9,13-14,16H,10-12H2,1-4H3,(H,20,22)(H,21,23)/t14-,16-/m1/s1. The Balaban J connectivity index is 2.43. The second-order valence-corrected chi connectivity index (χ2v) is 6.47. The number of hydrogen-bond donors (Lipinski definition) is 2. The van der Waals surface area contributed by atoms with E-state index >= 15 is 0 Å². The Morgan fingerprint density at radius 1 is 0.960 bits per heavy atom. The van der Waals surface area contributed by atoms with Crippen LogP contribution in [0.15, 0.2) is 30.3 Å². The monoisotopic (exact) mass is 348 g/mol. The van der Waals surface area contributed by atoms with Crippen LogP contribution in [0.25, 0.3) is 0 Å². The van der Waals surface area contributed by atoms with Gasteiger partial charge >= 0.3 is 5.97 Å². The maximum atomic E-state index is 12.0. The van der Waals surface area contributed by atoms with Crippen LogP contribution in [0.5, 0.6) is 0 Å². The van der Waals surface area contributed by atoms with Crippen molar-refractivity contribution in [2.75, 3.05) is 7.11 Å². The van der Waals surface area contributed by atoms with Crippen molar-refractivity contribution < 1.29 is 19.1 Å². The molecule has 0 aliphatic heterocycles. The molecule has 0 heterocycles. The zero-order chi connectivity index (χ0) is 18.8. The van der Waals surface area contributed by atoms with Crippen LogP contribution >= 0.6 is 0 Å². The number of benzene rings is 1. The van der Waals surface area contributed by atoms with E-state index in [0.29, 0.717) is 6.42 Å². The summed E-state index contributed by atoms with van der Waals surface area (Å²) in [5.41, 5.74) is 1.00. The number of carbonyl (C=O) groups is 3. The van der Waals surface area contributed by atoms with E-state index in [1.807, 2.05) is 51.1 Å². The Morgan fingerprint density at radius 3 is 2.04 bits per heavy atom. The van der Waals surface area contributed by atoms with Crippen LogP contribution in [-0.4, -0.2) is 30.9 Å². The van der Waals surface area contributed by atoms with Gasteiger partial charge in [-0.15, -0.1) is 0 Å². The lowest BCUT2D eigenvalue weighted by atomic mass is 10.0. The first-order chi connectivity index (χ1) is 11.8. The molecule has 2 atom stereocenters. The fourth-order valence-corrected chi connectivity index (χ4v) is 2.46. The van der Waals surface area contributed by atoms with Crippen molar-refractivity contribution >= 4 is 17.8 Å². The zero-order valence-corrected chi connectivity index (χ0v) is 15.4. The van der Waals surface area contributed by atoms with Gasteiger partial charge in [-0.05, 0) is 24.8 Å². The molecule has 6 nitrogen and oxygen atoms in total. The van der Waals surface area contributed by atoms with E-state index in [9.17, 15) is 14.4 Å². The van der Waals surface area contributed by atoms with Crippen molar-refractivity contribution in [2.45, 2.75) is 52.1 Å². The number of carbonyl (C=O) groups excluding carboxylic acids is 3. The van der Waals surface area contributed by atoms with E-state index in [4.69, 9.17) is 4.74 Å². The number of esters is 1. The average Bonchev–Trinajstić information content (AvgIpc) is 2.59. The lowest BCUT2D eigenvalue weighted by Gasteiger charge is -2.18. The third-order valence-electron chi connectivity index (χ3n) is 3.78. The van der Waals surface area contributed by atoms with Crippen LogP contribution in [-0.2, 0) is 19.1 Å². The minimum absolute atomic E-state index is 0.0267. The molecule has 0 aliphatic carbocycles. The Hall–Kier alpha value is -2.37. The van der Waals surface area contributed by atoms with E-state index in [2.05, 4.69) is 10.6 Å². The Bertz CT molecular complexity index is 572. The SMILES string of the molecule is COC(=O)[C@@H](CC(C)C)NC(=O)CCC(=O)N[C@H](C)c1ccccc1. The molecule has 0 bridgehead atoms. The van der Waals surface area contributed by atoms with Gasteiger partial charge in [-0.1, -0.05) is 44.2 Å². The number of ether oxygens (including phenoxy) is 1. The smallest absolute Gasteiger partial charge is 0.328 e. The third-order valence-corrected chi connectivity index (χ3v) is 3.78. The number of amides is 2. The summed E-state index contributed by atoms with van der Waals surface area (Å²) in [5, 5.41) is 5.51. The number of nitrogens with one attached hydrogen (secondary N) is 2. The Kier molecular flexibility index (Phi) is 8.67. The topological polar surface area (TPSA) is 84.5 Å². The third kappa shape index (κ3) is 7.83. The van der Waals surface area contributed by atoms with Crippen molar-refractivity contribution in [3.63, 3.8) is 0 Å². The van der Waals surface area contributed by atoms with Crippen LogP contribution in [0, 0.1) is 5.92 Å². The summed E-state index contributed by atoms with van der Waals surface area (Å²) in [7, 11) is 1.29. The molecule has 1 aromatic carbocycles. The lowest BCUT2D eigenvalue weighted by Crippen LogP contribution is -2.42. The van der Waals surface area contributed by atoms with Crippen molar-refractivity contribution in [3.8, 4) is 0 Å². The van der Waals surface area contributed by atoms with Crippen molar-refractivity contribution in [1.82, 2.24) is 10.6 Å². The maximum absolute atomic E-state index is 12.0. The predicted octanol–water partition coefficient (Wildman–Crippen LogP) is 2.35. The summed E-state index contributed by atoms with van der Waals surface area (Å²) < 4.78 is 4.71. The van der Waals surface area contributed by atoms with Gasteiger partial charge in [0.05, 0.1) is 13.2 Å². The molecule has 1 aromatic rings. The summed E-state index contributed by atoms with van der Waals surface area (Å²) in [6, 6.07) is 8.80. The summed E-state index contributed by atoms with van der Waals surface area (Å²) in [4.78, 5) is 35.7. The number of rotatable bonds is 9. The fraction of sp³-hybridized carbons (Fsp3) is 0.526. The molecule has 0 unspecified atom stereocenters. The fourth-order valence-electron chi connectivity index (χ4n) is 2.46. The van der Waals surface area contributed by atoms with Crippen LogP contribution < -0.4 is 10.6 Å². The van der Waals surface area contributed by atoms with Crippen molar-refractivity contribution in [3.05, 3.63) is 35.9 Å². The quantitative estimate of drug-likeness (QED) is 0.671. The van der Waals surface area contributed by atoms with Crippen LogP contribution in [0.3, 0.4) is 0 Å². The molecule has 0 radical (unpaired) electrons. The second kappa shape index (κ2) is 10.5. The molecule has 138 valence electrons. The van der Waals surface area contributed by atoms with E-state index in [1.54, 1.807) is 0 Å². The molecule has 0 fully saturated rings. The number of methoxy groups -OCH3 is 1. The number of hydrogen-bond acceptors (Lipinski definition) is 4. The van der Waals surface area contributed by atoms with Crippen LogP contribution in [0.2, 0.25) is 0 Å². The highest BCUT2D eigenvalue weighted by molar-refractivity contribution is 5.87. The molecule has 1 rings (SSSR count). The lowest BCUT2D eigenvalue weighted by molar-refractivity contribution is -0.145. The Labute approximate surface area is 149 Å². The van der Waals surface area contributed by atoms with Crippen LogP contribution in [0.4, 0.5) is 0 Å².